The molecule has 1 aliphatic heterocycles. The van der Waals surface area contributed by atoms with Gasteiger partial charge in [-0.15, -0.1) is 0 Å². The second-order valence-electron chi connectivity index (χ2n) is 30.5. The second kappa shape index (κ2) is 55.0. The lowest BCUT2D eigenvalue weighted by Gasteiger charge is -2.30. The Morgan fingerprint density at radius 1 is 0.484 bits per heavy atom. The molecule has 51 nitrogen and oxygen atoms in total. The topological polar surface area (TPSA) is 835 Å². The maximum absolute atomic E-state index is 14.2. The average molecular weight is 1830 g/mol. The highest BCUT2D eigenvalue weighted by Gasteiger charge is 2.42. The summed E-state index contributed by atoms with van der Waals surface area (Å²) in [7, 11) is 0. The summed E-state index contributed by atoms with van der Waals surface area (Å²) in [6.45, 7) is 10.3. The number of amides is 20. The van der Waals surface area contributed by atoms with Crippen molar-refractivity contribution in [3.05, 3.63) is 18.2 Å². The molecule has 2 heterocycles. The standard InChI is InChI=1S/C73H124N26O25S2/c1-11-32(6)53(69(121)85-38(58(77)110)14-12-18-81-73(78)79)93-49(108)24-82-59(111)40(20-37-23-80-29-84-37)87-70(122)55(34(8)102)97-63(115)43(27-125)90-60(112)39(16-17-46(75)105)86-67(119)52(31(4)5)95-72(124)57(36(10)104)96-62(114)42(26-100)89-68(120)51(30(2)3)94-61(113)41(21-47(76)106)88-71(123)56(35(9)103)98-64(116)44(28-126)91-65(117)45-15-13-19-99(45)50(109)25-83-66(118)54(33(7)101)92-48(107)22-74/h23,29-36,38-45,51-57,100-104,125-126H,11-22,24-28,74H2,1-10H3,(H2,75,105)(H2,76,106)(H2,77,110)(H,80,84)(H,82,111)(H,83,118)(H,85,121)(H,86,119)(H,87,122)(H,88,123)(H,89,120)(H,90,112)(H,91,117)(H,92,107)(H,93,108)(H,94,113)(H,95,124)(H,96,114)(H,97,115)(H,98,116)(H4,78,79,81). The van der Waals surface area contributed by atoms with Crippen LogP contribution < -0.4 is 119 Å². The van der Waals surface area contributed by atoms with E-state index in [0.29, 0.717) is 12.8 Å². The number of aliphatic imine (C=N–C) groups is 1. The average Bonchev–Trinajstić information content (AvgIpc) is 1.80. The summed E-state index contributed by atoms with van der Waals surface area (Å²) < 4.78 is 0. The number of carbonyl (C=O) groups excluding carboxylic acids is 20. The quantitative estimate of drug-likeness (QED) is 0.0125. The van der Waals surface area contributed by atoms with Crippen LogP contribution in [0.5, 0.6) is 0 Å². The number of likely N-dealkylation sites (tertiary alicyclic amines) is 1. The highest BCUT2D eigenvalue weighted by Crippen LogP contribution is 2.19. The van der Waals surface area contributed by atoms with E-state index in [9.17, 15) is 121 Å². The fourth-order valence-electron chi connectivity index (χ4n) is 12.1. The number of rotatable bonds is 56. The minimum absolute atomic E-state index is 0.0261. The molecule has 34 N–H and O–H groups in total. The number of aliphatic hydroxyl groups excluding tert-OH is 5. The predicted molar refractivity (Wildman–Crippen MR) is 451 cm³/mol. The Hall–Kier alpha value is -11.7. The number of nitrogens with two attached hydrogens (primary N) is 6. The van der Waals surface area contributed by atoms with Crippen LogP contribution in [0.15, 0.2) is 17.5 Å². The first kappa shape index (κ1) is 110. The fourth-order valence-corrected chi connectivity index (χ4v) is 12.6. The molecule has 20 atom stereocenters. The van der Waals surface area contributed by atoms with Gasteiger partial charge in [0, 0.05) is 49.3 Å². The Morgan fingerprint density at radius 3 is 1.37 bits per heavy atom. The number of aromatic nitrogens is 2. The number of guanidine groups is 1. The molecule has 0 aliphatic carbocycles. The molecule has 53 heteroatoms. The summed E-state index contributed by atoms with van der Waals surface area (Å²) in [4.78, 5) is 281. The lowest BCUT2D eigenvalue weighted by atomic mass is 9.97. The van der Waals surface area contributed by atoms with Gasteiger partial charge in [0.2, 0.25) is 118 Å². The third kappa shape index (κ3) is 37.3. The second-order valence-corrected chi connectivity index (χ2v) is 31.3. The number of carbonyl (C=O) groups is 20. The summed E-state index contributed by atoms with van der Waals surface area (Å²) in [5.41, 5.74) is 32.7. The lowest BCUT2D eigenvalue weighted by molar-refractivity contribution is -0.140. The zero-order chi connectivity index (χ0) is 95.9. The molecule has 1 aromatic heterocycles. The molecule has 0 saturated carbocycles. The van der Waals surface area contributed by atoms with E-state index in [-0.39, 0.29) is 50.4 Å². The number of hydrogen-bond acceptors (Lipinski definition) is 30. The molecule has 2 rings (SSSR count). The highest BCUT2D eigenvalue weighted by molar-refractivity contribution is 7.80. The van der Waals surface area contributed by atoms with Gasteiger partial charge in [-0.3, -0.25) is 101 Å². The Labute approximate surface area is 735 Å². The van der Waals surface area contributed by atoms with Crippen molar-refractivity contribution in [2.75, 3.05) is 50.8 Å². The fraction of sp³-hybridized carbons (Fsp3) is 0.671. The summed E-state index contributed by atoms with van der Waals surface area (Å²) in [6.07, 6.45) is -5.69. The Balaban J connectivity index is 2.29. The van der Waals surface area contributed by atoms with Crippen LogP contribution in [0.4, 0.5) is 0 Å². The monoisotopic (exact) mass is 1830 g/mol. The molecule has 1 aromatic rings. The molecule has 0 aromatic carbocycles. The summed E-state index contributed by atoms with van der Waals surface area (Å²) in [6, 6.07) is -25.1. The molecular formula is C73H124N26O25S2. The van der Waals surface area contributed by atoms with E-state index in [1.165, 1.54) is 47.1 Å². The van der Waals surface area contributed by atoms with E-state index in [1.54, 1.807) is 13.8 Å². The number of thiol groups is 2. The van der Waals surface area contributed by atoms with Gasteiger partial charge < -0.3 is 155 Å². The number of nitrogens with one attached hydrogen (secondary N) is 17. The van der Waals surface area contributed by atoms with Gasteiger partial charge in [-0.2, -0.15) is 25.3 Å². The summed E-state index contributed by atoms with van der Waals surface area (Å²) >= 11 is 8.32. The maximum Gasteiger partial charge on any atom is 0.245 e. The lowest BCUT2D eigenvalue weighted by Crippen LogP contribution is -2.64. The van der Waals surface area contributed by atoms with Crippen molar-refractivity contribution >= 4 is 149 Å². The number of nitrogens with zero attached hydrogens (tertiary/aromatic N) is 3. The molecule has 1 saturated heterocycles. The molecule has 20 amide bonds. The van der Waals surface area contributed by atoms with Crippen molar-refractivity contribution in [2.45, 2.75) is 242 Å². The van der Waals surface area contributed by atoms with Crippen molar-refractivity contribution in [3.63, 3.8) is 0 Å². The van der Waals surface area contributed by atoms with Crippen LogP contribution in [-0.4, -0.2) is 330 Å². The number of aliphatic hydroxyl groups is 5. The first-order valence-corrected chi connectivity index (χ1v) is 41.5. The minimum atomic E-state index is -2.03. The van der Waals surface area contributed by atoms with Gasteiger partial charge in [0.25, 0.3) is 0 Å². The van der Waals surface area contributed by atoms with Crippen LogP contribution in [0.3, 0.4) is 0 Å². The van der Waals surface area contributed by atoms with Gasteiger partial charge in [0.1, 0.15) is 90.6 Å². The molecule has 1 aliphatic rings. The van der Waals surface area contributed by atoms with E-state index in [0.717, 1.165) is 25.7 Å². The third-order valence-electron chi connectivity index (χ3n) is 19.5. The largest absolute Gasteiger partial charge is 0.394 e. The number of H-pyrrole nitrogens is 1. The zero-order valence-corrected chi connectivity index (χ0v) is 73.3. The smallest absolute Gasteiger partial charge is 0.245 e. The molecular weight excluding hydrogens is 1710 g/mol. The van der Waals surface area contributed by atoms with Gasteiger partial charge in [0.05, 0.1) is 63.4 Å². The van der Waals surface area contributed by atoms with Crippen molar-refractivity contribution in [1.82, 2.24) is 99.9 Å². The van der Waals surface area contributed by atoms with Crippen LogP contribution in [0.2, 0.25) is 0 Å². The molecule has 20 unspecified atom stereocenters. The number of imidazole rings is 1. The van der Waals surface area contributed by atoms with E-state index < -0.39 is 308 Å². The summed E-state index contributed by atoms with van der Waals surface area (Å²) in [5, 5.41) is 90.1. The van der Waals surface area contributed by atoms with Crippen LogP contribution >= 0.6 is 25.3 Å². The Kier molecular flexibility index (Phi) is 48.2. The van der Waals surface area contributed by atoms with Gasteiger partial charge in [-0.05, 0) is 77.6 Å². The van der Waals surface area contributed by atoms with Crippen LogP contribution in [0.1, 0.15) is 126 Å². The third-order valence-corrected chi connectivity index (χ3v) is 20.2. The Morgan fingerprint density at radius 2 is 0.905 bits per heavy atom. The van der Waals surface area contributed by atoms with Crippen molar-refractivity contribution < 1.29 is 121 Å². The minimum Gasteiger partial charge on any atom is -0.394 e. The van der Waals surface area contributed by atoms with Crippen molar-refractivity contribution in [1.29, 1.82) is 0 Å². The van der Waals surface area contributed by atoms with Gasteiger partial charge in [-0.1, -0.05) is 48.0 Å². The molecule has 0 radical (unpaired) electrons. The zero-order valence-electron chi connectivity index (χ0n) is 71.5. The van der Waals surface area contributed by atoms with Crippen molar-refractivity contribution in [2.24, 2.45) is 57.1 Å². The van der Waals surface area contributed by atoms with Gasteiger partial charge in [0.15, 0.2) is 5.96 Å². The first-order chi connectivity index (χ1) is 59.0. The van der Waals surface area contributed by atoms with E-state index in [1.807, 2.05) is 0 Å². The highest BCUT2D eigenvalue weighted by atomic mass is 32.1. The number of aromatic amines is 1. The predicted octanol–water partition coefficient (Wildman–Crippen LogP) is -14.7. The molecule has 126 heavy (non-hydrogen) atoms. The maximum atomic E-state index is 14.2. The number of primary amides is 3. The van der Waals surface area contributed by atoms with Crippen LogP contribution in [0.25, 0.3) is 0 Å². The molecule has 708 valence electrons. The van der Waals surface area contributed by atoms with Gasteiger partial charge in [-0.25, -0.2) is 4.98 Å². The normalized spacial score (nSPS) is 16.9. The molecule has 1 fully saturated rings. The molecule has 0 bridgehead atoms. The first-order valence-electron chi connectivity index (χ1n) is 40.2. The van der Waals surface area contributed by atoms with E-state index in [2.05, 4.69) is 125 Å². The van der Waals surface area contributed by atoms with Crippen LogP contribution in [-0.2, 0) is 102 Å². The van der Waals surface area contributed by atoms with Gasteiger partial charge >= 0.3 is 0 Å². The van der Waals surface area contributed by atoms with E-state index in [4.69, 9.17) is 34.4 Å². The SMILES string of the molecule is CCC(C)C(NC(=O)CNC(=O)C(Cc1cnc[nH]1)NC(=O)C(NC(=O)C(CS)NC(=O)C(CCC(N)=O)NC(=O)C(NC(=O)C(NC(=O)C(CO)NC(=O)C(NC(=O)C(CC(N)=O)NC(=O)C(NC(=O)C(CS)NC(=O)C1CCCN1C(=O)CNC(=O)C(NC(=O)CN)C(C)O)C(C)O)C(C)C)C(C)O)C(C)C)C(C)O)C(=O)NC(CCCN=C(N)N)C(N)=O. The molecule has 0 spiro atoms. The van der Waals surface area contributed by atoms with Crippen LogP contribution in [0, 0.1) is 17.8 Å². The van der Waals surface area contributed by atoms with E-state index >= 15 is 0 Å². The summed E-state index contributed by atoms with van der Waals surface area (Å²) in [5.74, 6) is -25.0. The Bertz CT molecular complexity index is 3970. The van der Waals surface area contributed by atoms with Crippen molar-refractivity contribution in [3.8, 4) is 0 Å². The number of hydrogen-bond donors (Lipinski definition) is 30.